The van der Waals surface area contributed by atoms with E-state index in [1.807, 2.05) is 18.7 Å². The van der Waals surface area contributed by atoms with Crippen LogP contribution in [-0.2, 0) is 6.54 Å². The van der Waals surface area contributed by atoms with Gasteiger partial charge in [0.05, 0.1) is 23.8 Å². The molecule has 0 aliphatic heterocycles. The number of benzene rings is 2. The molecule has 1 amide bonds. The lowest BCUT2D eigenvalue weighted by Gasteiger charge is -2.16. The number of nitro benzene ring substituents is 1. The van der Waals surface area contributed by atoms with E-state index in [1.165, 1.54) is 37.6 Å². The summed E-state index contributed by atoms with van der Waals surface area (Å²) in [6.45, 7) is 7.31. The summed E-state index contributed by atoms with van der Waals surface area (Å²) in [6, 6.07) is 8.45. The van der Waals surface area contributed by atoms with Crippen LogP contribution in [0.1, 0.15) is 51.5 Å². The number of carbonyl (C=O) groups excluding carboxylic acids is 2. The zero-order valence-corrected chi connectivity index (χ0v) is 23.7. The van der Waals surface area contributed by atoms with Gasteiger partial charge in [0.25, 0.3) is 11.6 Å². The third-order valence-electron chi connectivity index (χ3n) is 6.33. The highest BCUT2D eigenvalue weighted by Crippen LogP contribution is 2.29. The number of hydrazone groups is 1. The third kappa shape index (κ3) is 6.79. The summed E-state index contributed by atoms with van der Waals surface area (Å²) in [7, 11) is 1.39. The van der Waals surface area contributed by atoms with Crippen molar-refractivity contribution in [1.29, 1.82) is 0 Å². The first-order valence-corrected chi connectivity index (χ1v) is 12.9. The molecule has 224 valence electrons. The largest absolute Gasteiger partial charge is 0.493 e. The zero-order valence-electron chi connectivity index (χ0n) is 23.7. The maximum absolute atomic E-state index is 13.2. The molecular formula is C26H28N10O7. The van der Waals surface area contributed by atoms with E-state index in [4.69, 9.17) is 15.2 Å². The number of hydrogen-bond acceptors (Lipinski definition) is 14. The fourth-order valence-electron chi connectivity index (χ4n) is 4.00. The lowest BCUT2D eigenvalue weighted by molar-refractivity contribution is -0.384. The van der Waals surface area contributed by atoms with Crippen LogP contribution in [0.15, 0.2) is 46.1 Å². The van der Waals surface area contributed by atoms with Crippen LogP contribution >= 0.6 is 0 Å². The van der Waals surface area contributed by atoms with Crippen LogP contribution in [0.3, 0.4) is 0 Å². The van der Waals surface area contributed by atoms with Crippen LogP contribution in [0, 0.1) is 17.0 Å². The van der Waals surface area contributed by atoms with Gasteiger partial charge in [0, 0.05) is 18.7 Å². The summed E-state index contributed by atoms with van der Waals surface area (Å²) in [6.07, 6.45) is 1.36. The van der Waals surface area contributed by atoms with Crippen molar-refractivity contribution in [2.24, 2.45) is 5.10 Å². The van der Waals surface area contributed by atoms with Gasteiger partial charge in [-0.1, -0.05) is 19.1 Å². The molecule has 0 bridgehead atoms. The van der Waals surface area contributed by atoms with Crippen molar-refractivity contribution >= 4 is 29.6 Å². The Bertz CT molecular complexity index is 1680. The highest BCUT2D eigenvalue weighted by atomic mass is 16.6. The number of methoxy groups -OCH3 is 1. The van der Waals surface area contributed by atoms with E-state index < -0.39 is 16.8 Å². The predicted octanol–water partition coefficient (Wildman–Crippen LogP) is 2.28. The molecule has 0 saturated carbocycles. The lowest BCUT2D eigenvalue weighted by Crippen LogP contribution is -2.27. The predicted molar refractivity (Wildman–Crippen MR) is 151 cm³/mol. The van der Waals surface area contributed by atoms with Gasteiger partial charge in [-0.15, -0.1) is 5.10 Å². The molecule has 0 spiro atoms. The van der Waals surface area contributed by atoms with Gasteiger partial charge in [0.2, 0.25) is 11.6 Å². The first-order valence-electron chi connectivity index (χ1n) is 12.9. The molecule has 17 heteroatoms. The molecule has 3 N–H and O–H groups in total. The minimum Gasteiger partial charge on any atom is -0.493 e. The molecule has 0 radical (unpaired) electrons. The number of nitrogens with zero attached hydrogens (tertiary/aromatic N) is 8. The molecule has 2 aromatic heterocycles. The number of esters is 1. The third-order valence-corrected chi connectivity index (χ3v) is 6.33. The van der Waals surface area contributed by atoms with Gasteiger partial charge in [-0.25, -0.2) is 14.8 Å². The first-order chi connectivity index (χ1) is 20.7. The molecular weight excluding hydrogens is 564 g/mol. The second-order valence-corrected chi connectivity index (χ2v) is 8.99. The van der Waals surface area contributed by atoms with Crippen LogP contribution in [0.4, 0.5) is 11.5 Å². The molecule has 0 aliphatic rings. The molecule has 0 fully saturated rings. The molecule has 0 saturated heterocycles. The van der Waals surface area contributed by atoms with Crippen LogP contribution < -0.4 is 20.6 Å². The molecule has 4 aromatic rings. The number of aryl methyl sites for hydroxylation is 1. The average Bonchev–Trinajstić information content (AvgIpc) is 3.61. The van der Waals surface area contributed by atoms with E-state index >= 15 is 0 Å². The Morgan fingerprint density at radius 2 is 1.95 bits per heavy atom. The molecule has 0 aliphatic carbocycles. The second-order valence-electron chi connectivity index (χ2n) is 8.99. The SMILES string of the molecule is CCN(CC)Cc1nnn(-c2nonc2N)c1C(=O)N/N=C/c1ccc(OC(=O)c2ccc([N+](=O)[O-])cc2C)c(OC)c1. The van der Waals surface area contributed by atoms with Crippen molar-refractivity contribution in [3.05, 3.63) is 74.6 Å². The number of ether oxygens (including phenoxy) is 2. The number of nitrogens with one attached hydrogen (secondary N) is 1. The summed E-state index contributed by atoms with van der Waals surface area (Å²) >= 11 is 0. The fraction of sp³-hybridized carbons (Fsp3) is 0.269. The number of aromatic nitrogens is 5. The van der Waals surface area contributed by atoms with Crippen molar-refractivity contribution in [1.82, 2.24) is 35.6 Å². The Labute approximate surface area is 244 Å². The summed E-state index contributed by atoms with van der Waals surface area (Å²) in [5.74, 6) is -1.10. The molecule has 2 heterocycles. The quantitative estimate of drug-likeness (QED) is 0.0793. The Hall–Kier alpha value is -5.71. The molecule has 2 aromatic carbocycles. The van der Waals surface area contributed by atoms with Gasteiger partial charge < -0.3 is 15.2 Å². The topological polar surface area (TPSA) is 219 Å². The van der Waals surface area contributed by atoms with E-state index in [0.29, 0.717) is 23.4 Å². The second kappa shape index (κ2) is 13.3. The standard InChI is InChI=1S/C26H28N10O7/c1-5-34(6-2)14-19-22(35(33-29-19)24-23(27)31-43-32-24)25(37)30-28-13-16-7-10-20(21(12-16)41-4)42-26(38)18-9-8-17(36(39)40)11-15(18)3/h7-13H,5-6,14H2,1-4H3,(H2,27,31)(H,30,37)/b28-13+. The van der Waals surface area contributed by atoms with Gasteiger partial charge in [-0.2, -0.15) is 9.78 Å². The van der Waals surface area contributed by atoms with E-state index in [9.17, 15) is 19.7 Å². The van der Waals surface area contributed by atoms with Gasteiger partial charge >= 0.3 is 5.97 Å². The molecule has 0 unspecified atom stereocenters. The van der Waals surface area contributed by atoms with E-state index in [0.717, 1.165) is 17.8 Å². The van der Waals surface area contributed by atoms with E-state index in [1.54, 1.807) is 19.1 Å². The first kappa shape index (κ1) is 30.3. The maximum Gasteiger partial charge on any atom is 0.343 e. The number of amides is 1. The monoisotopic (exact) mass is 592 g/mol. The molecule has 0 atom stereocenters. The highest BCUT2D eigenvalue weighted by molar-refractivity contribution is 5.95. The fourth-order valence-corrected chi connectivity index (χ4v) is 4.00. The molecule has 43 heavy (non-hydrogen) atoms. The highest BCUT2D eigenvalue weighted by Gasteiger charge is 2.26. The van der Waals surface area contributed by atoms with Crippen LogP contribution in [0.2, 0.25) is 0 Å². The number of anilines is 1. The number of rotatable bonds is 12. The van der Waals surface area contributed by atoms with Crippen molar-refractivity contribution in [3.63, 3.8) is 0 Å². The Balaban J connectivity index is 1.51. The van der Waals surface area contributed by atoms with Crippen LogP contribution in [-0.4, -0.2) is 73.4 Å². The van der Waals surface area contributed by atoms with Crippen molar-refractivity contribution < 1.29 is 28.6 Å². The number of nitrogens with two attached hydrogens (primary N) is 1. The maximum atomic E-state index is 13.2. The van der Waals surface area contributed by atoms with Crippen LogP contribution in [0.25, 0.3) is 5.82 Å². The van der Waals surface area contributed by atoms with Gasteiger partial charge in [-0.3, -0.25) is 19.8 Å². The molecule has 4 rings (SSSR count). The van der Waals surface area contributed by atoms with Crippen LogP contribution in [0.5, 0.6) is 11.5 Å². The smallest absolute Gasteiger partial charge is 0.343 e. The average molecular weight is 593 g/mol. The van der Waals surface area contributed by atoms with Crippen molar-refractivity contribution in [2.45, 2.75) is 27.3 Å². The summed E-state index contributed by atoms with van der Waals surface area (Å²) in [5, 5.41) is 30.4. The number of nitrogen functional groups attached to an aromatic ring is 1. The summed E-state index contributed by atoms with van der Waals surface area (Å²) in [5.41, 5.74) is 9.60. The Kier molecular flexibility index (Phi) is 9.36. The minimum atomic E-state index is -0.715. The normalized spacial score (nSPS) is 11.2. The summed E-state index contributed by atoms with van der Waals surface area (Å²) in [4.78, 5) is 38.5. The number of nitro groups is 1. The minimum absolute atomic E-state index is 0.00576. The number of carbonyl (C=O) groups is 2. The van der Waals surface area contributed by atoms with Crippen molar-refractivity contribution in [3.8, 4) is 17.3 Å². The lowest BCUT2D eigenvalue weighted by atomic mass is 10.1. The Morgan fingerprint density at radius 3 is 2.58 bits per heavy atom. The zero-order chi connectivity index (χ0) is 31.1. The van der Waals surface area contributed by atoms with Gasteiger partial charge in [-0.05, 0) is 65.7 Å². The number of hydrogen-bond donors (Lipinski definition) is 2. The Morgan fingerprint density at radius 1 is 1.19 bits per heavy atom. The van der Waals surface area contributed by atoms with Gasteiger partial charge in [0.1, 0.15) is 5.69 Å². The molecule has 17 nitrogen and oxygen atoms in total. The number of non-ortho nitro benzene ring substituents is 1. The van der Waals surface area contributed by atoms with Crippen molar-refractivity contribution in [2.75, 3.05) is 25.9 Å². The summed E-state index contributed by atoms with van der Waals surface area (Å²) < 4.78 is 16.6. The van der Waals surface area contributed by atoms with E-state index in [2.05, 4.69) is 35.8 Å². The van der Waals surface area contributed by atoms with Gasteiger partial charge in [0.15, 0.2) is 17.2 Å². The van der Waals surface area contributed by atoms with E-state index in [-0.39, 0.29) is 40.1 Å².